The van der Waals surface area contributed by atoms with E-state index in [4.69, 9.17) is 0 Å². The van der Waals surface area contributed by atoms with Gasteiger partial charge in [0, 0.05) is 27.6 Å². The van der Waals surface area contributed by atoms with Gasteiger partial charge in [-0.3, -0.25) is 0 Å². The Labute approximate surface area is 128 Å². The molecule has 3 rings (SSSR count). The number of nitrogens with zero attached hydrogens (tertiary/aromatic N) is 2. The van der Waals surface area contributed by atoms with Crippen molar-refractivity contribution in [2.24, 2.45) is 0 Å². The van der Waals surface area contributed by atoms with Gasteiger partial charge in [0.25, 0.3) is 0 Å². The Morgan fingerprint density at radius 3 is 2.63 bits per heavy atom. The molecule has 0 aliphatic heterocycles. The van der Waals surface area contributed by atoms with Gasteiger partial charge in [-0.2, -0.15) is 0 Å². The molecular weight excluding hydrogens is 347 g/mol. The van der Waals surface area contributed by atoms with Crippen molar-refractivity contribution < 1.29 is 0 Å². The Morgan fingerprint density at radius 2 is 1.89 bits per heavy atom. The fraction of sp³-hybridized carbons (Fsp3) is 0.438. The van der Waals surface area contributed by atoms with E-state index in [9.17, 15) is 0 Å². The molecule has 100 valence electrons. The van der Waals surface area contributed by atoms with E-state index in [1.54, 1.807) is 0 Å². The van der Waals surface area contributed by atoms with Gasteiger partial charge in [0.1, 0.15) is 5.82 Å². The van der Waals surface area contributed by atoms with Gasteiger partial charge in [-0.05, 0) is 47.6 Å². The van der Waals surface area contributed by atoms with E-state index in [0.29, 0.717) is 6.04 Å². The maximum absolute atomic E-state index is 4.59. The highest BCUT2D eigenvalue weighted by atomic mass is 127. The second-order valence-electron chi connectivity index (χ2n) is 5.31. The van der Waals surface area contributed by atoms with E-state index < -0.39 is 0 Å². The molecule has 1 heterocycles. The number of hydrogen-bond donors (Lipinski definition) is 0. The van der Waals surface area contributed by atoms with Gasteiger partial charge in [0.15, 0.2) is 0 Å². The van der Waals surface area contributed by atoms with Crippen LogP contribution in [0.5, 0.6) is 0 Å². The van der Waals surface area contributed by atoms with Gasteiger partial charge in [-0.1, -0.05) is 37.8 Å². The molecule has 1 saturated carbocycles. The molecule has 0 spiro atoms. The van der Waals surface area contributed by atoms with E-state index in [0.717, 1.165) is 5.82 Å². The minimum atomic E-state index is 0.637. The monoisotopic (exact) mass is 366 g/mol. The molecular formula is C16H19IN2. The normalized spacial score (nSPS) is 17.3. The van der Waals surface area contributed by atoms with E-state index in [1.165, 1.54) is 47.7 Å². The van der Waals surface area contributed by atoms with Crippen LogP contribution in [-0.4, -0.2) is 9.55 Å². The van der Waals surface area contributed by atoms with Crippen LogP contribution >= 0.6 is 22.6 Å². The first-order valence-electron chi connectivity index (χ1n) is 7.13. The molecule has 19 heavy (non-hydrogen) atoms. The van der Waals surface area contributed by atoms with E-state index in [2.05, 4.69) is 62.6 Å². The summed E-state index contributed by atoms with van der Waals surface area (Å²) < 4.78 is 3.67. The van der Waals surface area contributed by atoms with E-state index in [1.807, 2.05) is 6.20 Å². The lowest BCUT2D eigenvalue weighted by atomic mass is 10.1. The molecule has 0 bridgehead atoms. The van der Waals surface area contributed by atoms with Crippen molar-refractivity contribution >= 4 is 22.6 Å². The summed E-state index contributed by atoms with van der Waals surface area (Å²) in [6, 6.07) is 9.26. The number of aromatic nitrogens is 2. The van der Waals surface area contributed by atoms with Crippen LogP contribution in [0.1, 0.15) is 44.6 Å². The zero-order chi connectivity index (χ0) is 13.1. The van der Waals surface area contributed by atoms with Crippen LogP contribution in [0, 0.1) is 3.57 Å². The van der Waals surface area contributed by atoms with E-state index >= 15 is 0 Å². The summed E-state index contributed by atoms with van der Waals surface area (Å²) in [5, 5.41) is 0. The van der Waals surface area contributed by atoms with Crippen LogP contribution in [0.4, 0.5) is 0 Å². The van der Waals surface area contributed by atoms with Crippen LogP contribution in [0.2, 0.25) is 0 Å². The molecule has 0 radical (unpaired) electrons. The molecule has 1 aliphatic rings. The Bertz CT molecular complexity index is 539. The van der Waals surface area contributed by atoms with Crippen molar-refractivity contribution in [3.63, 3.8) is 0 Å². The molecule has 1 fully saturated rings. The summed E-state index contributed by atoms with van der Waals surface area (Å²) >= 11 is 2.37. The lowest BCUT2D eigenvalue weighted by molar-refractivity contribution is 0.447. The SMILES string of the molecule is Ic1cccc(-c2nccn2C2CCCCCC2)c1. The minimum absolute atomic E-state index is 0.637. The van der Waals surface area contributed by atoms with Gasteiger partial charge < -0.3 is 4.57 Å². The minimum Gasteiger partial charge on any atom is -0.328 e. The first kappa shape index (κ1) is 13.2. The van der Waals surface area contributed by atoms with Crippen LogP contribution in [0.15, 0.2) is 36.7 Å². The third-order valence-corrected chi connectivity index (χ3v) is 4.64. The lowest BCUT2D eigenvalue weighted by Crippen LogP contribution is -2.08. The predicted molar refractivity (Wildman–Crippen MR) is 87.1 cm³/mol. The Balaban J connectivity index is 1.93. The fourth-order valence-electron chi connectivity index (χ4n) is 2.99. The Morgan fingerprint density at radius 1 is 1.11 bits per heavy atom. The highest BCUT2D eigenvalue weighted by Crippen LogP contribution is 2.31. The van der Waals surface area contributed by atoms with Crippen LogP contribution in [0.25, 0.3) is 11.4 Å². The number of halogens is 1. The zero-order valence-electron chi connectivity index (χ0n) is 11.1. The molecule has 0 N–H and O–H groups in total. The molecule has 0 unspecified atom stereocenters. The fourth-order valence-corrected chi connectivity index (χ4v) is 3.54. The number of imidazole rings is 1. The summed E-state index contributed by atoms with van der Waals surface area (Å²) in [7, 11) is 0. The molecule has 2 nitrogen and oxygen atoms in total. The maximum Gasteiger partial charge on any atom is 0.140 e. The van der Waals surface area contributed by atoms with Crippen molar-refractivity contribution in [1.82, 2.24) is 9.55 Å². The summed E-state index contributed by atoms with van der Waals surface area (Å²) in [5.41, 5.74) is 1.24. The van der Waals surface area contributed by atoms with Gasteiger partial charge in [0.05, 0.1) is 0 Å². The summed E-state index contributed by atoms with van der Waals surface area (Å²) in [5.74, 6) is 1.13. The zero-order valence-corrected chi connectivity index (χ0v) is 13.2. The van der Waals surface area contributed by atoms with Crippen LogP contribution < -0.4 is 0 Å². The predicted octanol–water partition coefficient (Wildman–Crippen LogP) is 5.05. The van der Waals surface area contributed by atoms with Crippen molar-refractivity contribution in [2.75, 3.05) is 0 Å². The van der Waals surface area contributed by atoms with Crippen molar-refractivity contribution in [1.29, 1.82) is 0 Å². The highest BCUT2D eigenvalue weighted by Gasteiger charge is 2.17. The van der Waals surface area contributed by atoms with Gasteiger partial charge in [-0.25, -0.2) is 4.98 Å². The largest absolute Gasteiger partial charge is 0.328 e. The quantitative estimate of drug-likeness (QED) is 0.537. The number of benzene rings is 1. The Hall–Kier alpha value is -0.840. The molecule has 1 aromatic heterocycles. The molecule has 1 aliphatic carbocycles. The van der Waals surface area contributed by atoms with Gasteiger partial charge >= 0.3 is 0 Å². The van der Waals surface area contributed by atoms with Crippen molar-refractivity contribution in [2.45, 2.75) is 44.6 Å². The molecule has 0 atom stereocenters. The number of hydrogen-bond acceptors (Lipinski definition) is 1. The first-order chi connectivity index (χ1) is 9.34. The van der Waals surface area contributed by atoms with Gasteiger partial charge in [-0.15, -0.1) is 0 Å². The molecule has 1 aromatic carbocycles. The third kappa shape index (κ3) is 3.02. The average molecular weight is 366 g/mol. The van der Waals surface area contributed by atoms with Crippen LogP contribution in [0.3, 0.4) is 0 Å². The highest BCUT2D eigenvalue weighted by molar-refractivity contribution is 14.1. The summed E-state index contributed by atoms with van der Waals surface area (Å²) in [4.78, 5) is 4.59. The lowest BCUT2D eigenvalue weighted by Gasteiger charge is -2.19. The molecule has 2 aromatic rings. The van der Waals surface area contributed by atoms with Crippen molar-refractivity contribution in [3.05, 3.63) is 40.2 Å². The number of rotatable bonds is 2. The maximum atomic E-state index is 4.59. The topological polar surface area (TPSA) is 17.8 Å². The van der Waals surface area contributed by atoms with Crippen LogP contribution in [-0.2, 0) is 0 Å². The third-order valence-electron chi connectivity index (χ3n) is 3.97. The second-order valence-corrected chi connectivity index (χ2v) is 6.56. The molecule has 0 saturated heterocycles. The smallest absolute Gasteiger partial charge is 0.140 e. The standard InChI is InChI=1S/C16H19IN2/c17-14-7-5-6-13(12-14)16-18-10-11-19(16)15-8-3-1-2-4-9-15/h5-7,10-12,15H,1-4,8-9H2. The second kappa shape index (κ2) is 6.07. The summed E-state index contributed by atoms with van der Waals surface area (Å²) in [6.45, 7) is 0. The molecule has 0 amide bonds. The first-order valence-corrected chi connectivity index (χ1v) is 8.21. The molecule has 3 heteroatoms. The van der Waals surface area contributed by atoms with Gasteiger partial charge in [0.2, 0.25) is 0 Å². The summed E-state index contributed by atoms with van der Waals surface area (Å²) in [6.07, 6.45) is 12.2. The average Bonchev–Trinajstić information content (AvgIpc) is 2.75. The van der Waals surface area contributed by atoms with Crippen molar-refractivity contribution in [3.8, 4) is 11.4 Å². The van der Waals surface area contributed by atoms with E-state index in [-0.39, 0.29) is 0 Å². The Kier molecular flexibility index (Phi) is 4.21.